The van der Waals surface area contributed by atoms with Gasteiger partial charge < -0.3 is 9.32 Å². The lowest BCUT2D eigenvalue weighted by molar-refractivity contribution is 0.209. The average molecular weight is 316 g/mol. The maximum absolute atomic E-state index is 5.72. The molecule has 0 aliphatic heterocycles. The highest BCUT2D eigenvalue weighted by molar-refractivity contribution is 5.08. The number of rotatable bonds is 9. The molecule has 0 N–H and O–H groups in total. The number of hydrogen-bond donors (Lipinski definition) is 0. The zero-order valence-electron chi connectivity index (χ0n) is 14.7. The molecule has 5 heteroatoms. The minimum atomic E-state index is 0.804. The fraction of sp³-hybridized carbons (Fsp3) is 0.556. The van der Waals surface area contributed by atoms with E-state index < -0.39 is 0 Å². The van der Waals surface area contributed by atoms with Crippen LogP contribution < -0.4 is 0 Å². The Labute approximate surface area is 139 Å². The second-order valence-corrected chi connectivity index (χ2v) is 6.28. The van der Waals surface area contributed by atoms with Gasteiger partial charge in [0.05, 0.1) is 6.54 Å². The van der Waals surface area contributed by atoms with Crippen molar-refractivity contribution < 1.29 is 4.42 Å². The van der Waals surface area contributed by atoms with E-state index in [1.54, 1.807) is 0 Å². The maximum Gasteiger partial charge on any atom is 0.128 e. The number of nitrogens with zero attached hydrogens (tertiary/aromatic N) is 4. The van der Waals surface area contributed by atoms with Crippen LogP contribution in [0.2, 0.25) is 0 Å². The molecule has 2 aromatic heterocycles. The van der Waals surface area contributed by atoms with Crippen molar-refractivity contribution in [2.45, 2.75) is 39.8 Å². The van der Waals surface area contributed by atoms with Gasteiger partial charge in [-0.05, 0) is 39.6 Å². The Morgan fingerprint density at radius 1 is 1.04 bits per heavy atom. The van der Waals surface area contributed by atoms with Crippen LogP contribution in [-0.4, -0.2) is 47.0 Å². The summed E-state index contributed by atoms with van der Waals surface area (Å²) in [6, 6.07) is 4.07. The summed E-state index contributed by atoms with van der Waals surface area (Å²) in [5, 5.41) is 0. The Bertz CT molecular complexity index is 577. The molecule has 0 bridgehead atoms. The molecule has 0 amide bonds. The predicted octanol–water partition coefficient (Wildman–Crippen LogP) is 2.89. The van der Waals surface area contributed by atoms with Crippen molar-refractivity contribution in [3.8, 4) is 0 Å². The molecule has 0 unspecified atom stereocenters. The molecule has 0 aromatic carbocycles. The normalized spacial score (nSPS) is 11.6. The Balaban J connectivity index is 2.00. The first-order valence-corrected chi connectivity index (χ1v) is 8.29. The van der Waals surface area contributed by atoms with Crippen molar-refractivity contribution in [2.75, 3.05) is 27.2 Å². The number of aromatic nitrogens is 2. The van der Waals surface area contributed by atoms with Crippen LogP contribution in [0.5, 0.6) is 0 Å². The summed E-state index contributed by atoms with van der Waals surface area (Å²) in [6.45, 7) is 7.75. The number of likely N-dealkylation sites (N-methyl/N-ethyl adjacent to an activating group) is 1. The van der Waals surface area contributed by atoms with E-state index >= 15 is 0 Å². The molecule has 0 aliphatic carbocycles. The third-order valence-corrected chi connectivity index (χ3v) is 3.68. The predicted molar refractivity (Wildman–Crippen MR) is 92.1 cm³/mol. The molecular weight excluding hydrogens is 288 g/mol. The van der Waals surface area contributed by atoms with E-state index in [9.17, 15) is 0 Å². The molecule has 2 rings (SSSR count). The molecule has 0 atom stereocenters. The van der Waals surface area contributed by atoms with Crippen molar-refractivity contribution in [1.82, 2.24) is 19.8 Å². The highest BCUT2D eigenvalue weighted by Gasteiger charge is 2.11. The largest absolute Gasteiger partial charge is 0.465 e. The van der Waals surface area contributed by atoms with Gasteiger partial charge in [0.15, 0.2) is 0 Å². The first-order valence-electron chi connectivity index (χ1n) is 8.29. The van der Waals surface area contributed by atoms with Crippen molar-refractivity contribution in [1.29, 1.82) is 0 Å². The van der Waals surface area contributed by atoms with Gasteiger partial charge in [-0.25, -0.2) is 9.97 Å². The lowest BCUT2D eigenvalue weighted by atomic mass is 10.2. The topological polar surface area (TPSA) is 45.4 Å². The van der Waals surface area contributed by atoms with Gasteiger partial charge in [-0.1, -0.05) is 6.92 Å². The van der Waals surface area contributed by atoms with Crippen LogP contribution in [-0.2, 0) is 19.5 Å². The molecule has 2 heterocycles. The van der Waals surface area contributed by atoms with Gasteiger partial charge in [0.1, 0.15) is 17.3 Å². The summed E-state index contributed by atoms with van der Waals surface area (Å²) in [5.41, 5.74) is 1.15. The second kappa shape index (κ2) is 8.79. The van der Waals surface area contributed by atoms with Crippen LogP contribution in [0.4, 0.5) is 0 Å². The Morgan fingerprint density at radius 3 is 2.35 bits per heavy atom. The van der Waals surface area contributed by atoms with Crippen LogP contribution >= 0.6 is 0 Å². The molecule has 23 heavy (non-hydrogen) atoms. The van der Waals surface area contributed by atoms with E-state index in [1.165, 1.54) is 0 Å². The zero-order chi connectivity index (χ0) is 16.7. The van der Waals surface area contributed by atoms with E-state index in [0.29, 0.717) is 0 Å². The molecule has 2 aromatic rings. The molecule has 126 valence electrons. The Hall–Kier alpha value is -1.72. The summed E-state index contributed by atoms with van der Waals surface area (Å²) in [4.78, 5) is 13.5. The molecular formula is C18H28N4O. The third-order valence-electron chi connectivity index (χ3n) is 3.68. The molecule has 0 saturated heterocycles. The van der Waals surface area contributed by atoms with Crippen molar-refractivity contribution in [3.05, 3.63) is 47.4 Å². The van der Waals surface area contributed by atoms with Gasteiger partial charge >= 0.3 is 0 Å². The number of furan rings is 1. The summed E-state index contributed by atoms with van der Waals surface area (Å²) in [7, 11) is 4.19. The Morgan fingerprint density at radius 2 is 1.78 bits per heavy atom. The quantitative estimate of drug-likeness (QED) is 0.712. The van der Waals surface area contributed by atoms with Gasteiger partial charge in [-0.2, -0.15) is 0 Å². The zero-order valence-corrected chi connectivity index (χ0v) is 14.7. The van der Waals surface area contributed by atoms with E-state index in [2.05, 4.69) is 46.9 Å². The van der Waals surface area contributed by atoms with E-state index in [4.69, 9.17) is 4.42 Å². The molecule has 0 aliphatic rings. The first-order chi connectivity index (χ1) is 11.1. The minimum absolute atomic E-state index is 0.804. The molecule has 0 radical (unpaired) electrons. The minimum Gasteiger partial charge on any atom is -0.465 e. The van der Waals surface area contributed by atoms with Crippen molar-refractivity contribution in [2.24, 2.45) is 0 Å². The number of hydrogen-bond acceptors (Lipinski definition) is 5. The lowest BCUT2D eigenvalue weighted by Gasteiger charge is -2.23. The van der Waals surface area contributed by atoms with Crippen molar-refractivity contribution in [3.63, 3.8) is 0 Å². The average Bonchev–Trinajstić information content (AvgIpc) is 2.92. The van der Waals surface area contributed by atoms with Crippen LogP contribution in [0, 0.1) is 6.92 Å². The highest BCUT2D eigenvalue weighted by atomic mass is 16.3. The van der Waals surface area contributed by atoms with Crippen molar-refractivity contribution >= 4 is 0 Å². The first kappa shape index (κ1) is 17.6. The summed E-state index contributed by atoms with van der Waals surface area (Å²) >= 11 is 0. The van der Waals surface area contributed by atoms with Gasteiger partial charge in [0, 0.05) is 44.0 Å². The fourth-order valence-corrected chi connectivity index (χ4v) is 2.42. The second-order valence-electron chi connectivity index (χ2n) is 6.28. The SMILES string of the molecule is CCCc1ncc(CN(CCN(C)C)Cc2ccc(C)o2)cn1. The third kappa shape index (κ3) is 6.12. The molecule has 0 spiro atoms. The van der Waals surface area contributed by atoms with Gasteiger partial charge in [-0.3, -0.25) is 4.90 Å². The van der Waals surface area contributed by atoms with Gasteiger partial charge in [0.2, 0.25) is 0 Å². The summed E-state index contributed by atoms with van der Waals surface area (Å²) < 4.78 is 5.72. The smallest absolute Gasteiger partial charge is 0.128 e. The van der Waals surface area contributed by atoms with E-state index in [1.807, 2.05) is 25.4 Å². The standard InChI is InChI=1S/C18H28N4O/c1-5-6-18-19-11-16(12-20-18)13-22(10-9-21(3)4)14-17-8-7-15(2)23-17/h7-8,11-12H,5-6,9-10,13-14H2,1-4H3. The lowest BCUT2D eigenvalue weighted by Crippen LogP contribution is -2.31. The molecule has 0 fully saturated rings. The highest BCUT2D eigenvalue weighted by Crippen LogP contribution is 2.12. The summed E-state index contributed by atoms with van der Waals surface area (Å²) in [6.07, 6.45) is 5.92. The van der Waals surface area contributed by atoms with Gasteiger partial charge in [-0.15, -0.1) is 0 Å². The number of aryl methyl sites for hydroxylation is 2. The molecule has 0 saturated carbocycles. The van der Waals surface area contributed by atoms with Crippen LogP contribution in [0.1, 0.15) is 36.3 Å². The monoisotopic (exact) mass is 316 g/mol. The maximum atomic E-state index is 5.72. The van der Waals surface area contributed by atoms with Crippen LogP contribution in [0.15, 0.2) is 28.9 Å². The Kier molecular flexibility index (Phi) is 6.74. The van der Waals surface area contributed by atoms with Crippen LogP contribution in [0.25, 0.3) is 0 Å². The van der Waals surface area contributed by atoms with Crippen LogP contribution in [0.3, 0.4) is 0 Å². The summed E-state index contributed by atoms with van der Waals surface area (Å²) in [5.74, 6) is 2.89. The van der Waals surface area contributed by atoms with Gasteiger partial charge in [0.25, 0.3) is 0 Å². The van der Waals surface area contributed by atoms with E-state index in [0.717, 1.165) is 61.9 Å². The molecule has 5 nitrogen and oxygen atoms in total. The fourth-order valence-electron chi connectivity index (χ4n) is 2.42. The van der Waals surface area contributed by atoms with E-state index in [-0.39, 0.29) is 0 Å².